The molecule has 26 heavy (non-hydrogen) atoms. The highest BCUT2D eigenvalue weighted by Crippen LogP contribution is 2.16. The molecule has 3 rings (SSSR count). The number of aliphatic hydroxyl groups is 1. The number of halogens is 1. The Bertz CT molecular complexity index is 986. The number of hydrogen-bond donors (Lipinski definition) is 2. The highest BCUT2D eigenvalue weighted by molar-refractivity contribution is 6.30. The summed E-state index contributed by atoms with van der Waals surface area (Å²) >= 11 is 5.82. The van der Waals surface area contributed by atoms with Crippen molar-refractivity contribution in [1.82, 2.24) is 9.55 Å². The molecule has 8 heteroatoms. The molecule has 3 aromatic rings. The van der Waals surface area contributed by atoms with Crippen LogP contribution >= 0.6 is 11.6 Å². The zero-order chi connectivity index (χ0) is 18.5. The minimum atomic E-state index is -0.628. The van der Waals surface area contributed by atoms with Gasteiger partial charge >= 0.3 is 0 Å². The third kappa shape index (κ3) is 4.19. The van der Waals surface area contributed by atoms with E-state index in [9.17, 15) is 9.59 Å². The van der Waals surface area contributed by atoms with Crippen LogP contribution in [0.5, 0.6) is 5.75 Å². The molecule has 0 atom stereocenters. The van der Waals surface area contributed by atoms with E-state index in [4.69, 9.17) is 21.4 Å². The second kappa shape index (κ2) is 7.99. The monoisotopic (exact) mass is 373 g/mol. The number of amides is 1. The maximum atomic E-state index is 12.6. The molecule has 2 N–H and O–H groups in total. The van der Waals surface area contributed by atoms with E-state index in [-0.39, 0.29) is 12.2 Å². The Morgan fingerprint density at radius 2 is 2.00 bits per heavy atom. The Hall–Kier alpha value is -2.90. The zero-order valence-electron chi connectivity index (χ0n) is 13.7. The first-order valence-corrected chi connectivity index (χ1v) is 8.23. The number of carbonyl (C=O) groups is 1. The number of benzene rings is 2. The maximum Gasteiger partial charge on any atom is 0.261 e. The molecule has 7 nitrogen and oxygen atoms in total. The number of ether oxygens (including phenoxy) is 1. The van der Waals surface area contributed by atoms with E-state index in [1.54, 1.807) is 36.4 Å². The Kier molecular flexibility index (Phi) is 5.50. The summed E-state index contributed by atoms with van der Waals surface area (Å²) in [6.45, 7) is -0.0232. The van der Waals surface area contributed by atoms with Gasteiger partial charge in [0.25, 0.3) is 5.56 Å². The summed E-state index contributed by atoms with van der Waals surface area (Å²) in [5, 5.41) is 12.3. The molecule has 0 saturated carbocycles. The number of hydrogen-bond acceptors (Lipinski definition) is 5. The van der Waals surface area contributed by atoms with Gasteiger partial charge in [-0.15, -0.1) is 0 Å². The SMILES string of the molecule is O=C(CO)Nc1ccc2ncn(CCOc3ccc(Cl)cc3)c(=O)c2c1. The van der Waals surface area contributed by atoms with Crippen molar-refractivity contribution in [1.29, 1.82) is 0 Å². The fourth-order valence-corrected chi connectivity index (χ4v) is 2.52. The number of anilines is 1. The largest absolute Gasteiger partial charge is 0.492 e. The van der Waals surface area contributed by atoms with Crippen molar-refractivity contribution in [2.45, 2.75) is 6.54 Å². The van der Waals surface area contributed by atoms with Gasteiger partial charge in [-0.2, -0.15) is 0 Å². The lowest BCUT2D eigenvalue weighted by atomic mass is 10.2. The molecular formula is C18H16ClN3O4. The van der Waals surface area contributed by atoms with Crippen LogP contribution in [0.4, 0.5) is 5.69 Å². The molecule has 0 saturated heterocycles. The van der Waals surface area contributed by atoms with Crippen molar-refractivity contribution in [3.63, 3.8) is 0 Å². The minimum Gasteiger partial charge on any atom is -0.492 e. The lowest BCUT2D eigenvalue weighted by molar-refractivity contribution is -0.118. The topological polar surface area (TPSA) is 93.5 Å². The van der Waals surface area contributed by atoms with E-state index in [0.29, 0.717) is 33.9 Å². The highest BCUT2D eigenvalue weighted by Gasteiger charge is 2.07. The van der Waals surface area contributed by atoms with Crippen LogP contribution in [0.1, 0.15) is 0 Å². The van der Waals surface area contributed by atoms with Gasteiger partial charge in [0.1, 0.15) is 19.0 Å². The van der Waals surface area contributed by atoms with Crippen LogP contribution in [0.15, 0.2) is 53.6 Å². The quantitative estimate of drug-likeness (QED) is 0.689. The summed E-state index contributed by atoms with van der Waals surface area (Å²) in [6, 6.07) is 11.7. The van der Waals surface area contributed by atoms with Crippen LogP contribution in [0.2, 0.25) is 5.02 Å². The van der Waals surface area contributed by atoms with Crippen LogP contribution in [-0.2, 0) is 11.3 Å². The first kappa shape index (κ1) is 17.9. The fraction of sp³-hybridized carbons (Fsp3) is 0.167. The molecular weight excluding hydrogens is 358 g/mol. The van der Waals surface area contributed by atoms with E-state index in [1.807, 2.05) is 0 Å². The number of rotatable bonds is 6. The first-order valence-electron chi connectivity index (χ1n) is 7.85. The minimum absolute atomic E-state index is 0.241. The van der Waals surface area contributed by atoms with E-state index in [2.05, 4.69) is 10.3 Å². The van der Waals surface area contributed by atoms with Crippen LogP contribution in [-0.4, -0.2) is 33.8 Å². The predicted molar refractivity (Wildman–Crippen MR) is 98.7 cm³/mol. The smallest absolute Gasteiger partial charge is 0.261 e. The number of fused-ring (bicyclic) bond motifs is 1. The Balaban J connectivity index is 1.75. The van der Waals surface area contributed by atoms with Crippen molar-refractivity contribution in [2.24, 2.45) is 0 Å². The van der Waals surface area contributed by atoms with Crippen molar-refractivity contribution in [3.05, 3.63) is 64.2 Å². The molecule has 0 spiro atoms. The molecule has 1 aromatic heterocycles. The summed E-state index contributed by atoms with van der Waals surface area (Å²) < 4.78 is 7.03. The van der Waals surface area contributed by atoms with Crippen LogP contribution in [0.25, 0.3) is 10.9 Å². The number of aromatic nitrogens is 2. The summed E-state index contributed by atoms with van der Waals surface area (Å²) in [6.07, 6.45) is 1.46. The van der Waals surface area contributed by atoms with Crippen LogP contribution in [0.3, 0.4) is 0 Å². The van der Waals surface area contributed by atoms with Gasteiger partial charge in [-0.05, 0) is 42.5 Å². The third-order valence-electron chi connectivity index (χ3n) is 3.67. The standard InChI is InChI=1S/C18H16ClN3O4/c19-12-1-4-14(5-2-12)26-8-7-22-11-20-16-6-3-13(21-17(24)10-23)9-15(16)18(22)25/h1-6,9,11,23H,7-8,10H2,(H,21,24). The van der Waals surface area contributed by atoms with Crippen LogP contribution in [0, 0.1) is 0 Å². The molecule has 1 heterocycles. The van der Waals surface area contributed by atoms with E-state index >= 15 is 0 Å². The molecule has 0 bridgehead atoms. The number of aliphatic hydroxyl groups excluding tert-OH is 1. The number of nitrogens with one attached hydrogen (secondary N) is 1. The van der Waals surface area contributed by atoms with Gasteiger partial charge in [0.05, 0.1) is 23.8 Å². The molecule has 134 valence electrons. The molecule has 0 unspecified atom stereocenters. The van der Waals surface area contributed by atoms with E-state index in [1.165, 1.54) is 17.0 Å². The molecule has 0 aliphatic heterocycles. The van der Waals surface area contributed by atoms with Crippen LogP contribution < -0.4 is 15.6 Å². The second-order valence-electron chi connectivity index (χ2n) is 5.48. The Morgan fingerprint density at radius 1 is 1.23 bits per heavy atom. The summed E-state index contributed by atoms with van der Waals surface area (Å²) in [4.78, 5) is 28.1. The average molecular weight is 374 g/mol. The lowest BCUT2D eigenvalue weighted by Gasteiger charge is -2.10. The molecule has 0 aliphatic rings. The predicted octanol–water partition coefficient (Wildman–Crippen LogP) is 2.06. The van der Waals surface area contributed by atoms with Gasteiger partial charge < -0.3 is 15.2 Å². The highest BCUT2D eigenvalue weighted by atomic mass is 35.5. The Morgan fingerprint density at radius 3 is 2.73 bits per heavy atom. The van der Waals surface area contributed by atoms with Gasteiger partial charge in [-0.3, -0.25) is 14.2 Å². The van der Waals surface area contributed by atoms with Gasteiger partial charge in [0, 0.05) is 10.7 Å². The zero-order valence-corrected chi connectivity index (χ0v) is 14.4. The normalized spacial score (nSPS) is 10.7. The summed E-state index contributed by atoms with van der Waals surface area (Å²) in [5.74, 6) is 0.107. The second-order valence-corrected chi connectivity index (χ2v) is 5.92. The molecule has 0 aliphatic carbocycles. The molecule has 0 radical (unpaired) electrons. The lowest BCUT2D eigenvalue weighted by Crippen LogP contribution is -2.24. The van der Waals surface area contributed by atoms with Gasteiger partial charge in [-0.1, -0.05) is 11.6 Å². The third-order valence-corrected chi connectivity index (χ3v) is 3.92. The van der Waals surface area contributed by atoms with E-state index in [0.717, 1.165) is 0 Å². The Labute approximate surface area is 153 Å². The van der Waals surface area contributed by atoms with E-state index < -0.39 is 12.5 Å². The van der Waals surface area contributed by atoms with Gasteiger partial charge in [-0.25, -0.2) is 4.98 Å². The van der Waals surface area contributed by atoms with Gasteiger partial charge in [0.2, 0.25) is 5.91 Å². The van der Waals surface area contributed by atoms with Crippen molar-refractivity contribution >= 4 is 34.1 Å². The van der Waals surface area contributed by atoms with Crippen molar-refractivity contribution < 1.29 is 14.6 Å². The molecule has 0 fully saturated rings. The summed E-state index contributed by atoms with van der Waals surface area (Å²) in [7, 11) is 0. The molecule has 1 amide bonds. The average Bonchev–Trinajstić information content (AvgIpc) is 2.65. The van der Waals surface area contributed by atoms with Crippen molar-refractivity contribution in [2.75, 3.05) is 18.5 Å². The fourth-order valence-electron chi connectivity index (χ4n) is 2.39. The van der Waals surface area contributed by atoms with Crippen molar-refractivity contribution in [3.8, 4) is 5.75 Å². The first-order chi connectivity index (χ1) is 12.6. The molecule has 2 aromatic carbocycles. The maximum absolute atomic E-state index is 12.6. The number of nitrogens with zero attached hydrogens (tertiary/aromatic N) is 2. The summed E-state index contributed by atoms with van der Waals surface area (Å²) in [5.41, 5.74) is 0.701. The number of carbonyl (C=O) groups excluding carboxylic acids is 1. The van der Waals surface area contributed by atoms with Gasteiger partial charge in [0.15, 0.2) is 0 Å².